The number of unbranched alkanes of at least 4 members (excludes halogenated alkanes) is 4. The molecule has 0 bridgehead atoms. The SMILES string of the molecule is C=CCCC.C=CCCC.C=CCCC.C=CCCC. The Hall–Kier alpha value is -1.04. The Morgan fingerprint density at radius 1 is 0.450 bits per heavy atom. The van der Waals surface area contributed by atoms with E-state index in [1.807, 2.05) is 24.3 Å². The summed E-state index contributed by atoms with van der Waals surface area (Å²) >= 11 is 0. The third-order valence-electron chi connectivity index (χ3n) is 1.97. The van der Waals surface area contributed by atoms with Crippen molar-refractivity contribution < 1.29 is 0 Å². The maximum absolute atomic E-state index is 3.55. The lowest BCUT2D eigenvalue weighted by Crippen LogP contribution is -1.52. The van der Waals surface area contributed by atoms with Gasteiger partial charge in [0.05, 0.1) is 0 Å². The second-order valence-corrected chi connectivity index (χ2v) is 4.31. The first-order valence-electron chi connectivity index (χ1n) is 8.09. The molecule has 0 aromatic rings. The van der Waals surface area contributed by atoms with Crippen LogP contribution in [0.25, 0.3) is 0 Å². The molecule has 0 radical (unpaired) electrons. The van der Waals surface area contributed by atoms with Gasteiger partial charge in [-0.2, -0.15) is 0 Å². The predicted molar refractivity (Wildman–Crippen MR) is 100 cm³/mol. The van der Waals surface area contributed by atoms with Crippen LogP contribution in [0.3, 0.4) is 0 Å². The largest absolute Gasteiger partial charge is 0.103 e. The lowest BCUT2D eigenvalue weighted by Gasteiger charge is -1.72. The van der Waals surface area contributed by atoms with Crippen molar-refractivity contribution in [3.05, 3.63) is 50.6 Å². The van der Waals surface area contributed by atoms with E-state index in [-0.39, 0.29) is 0 Å². The number of hydrogen-bond acceptors (Lipinski definition) is 0. The van der Waals surface area contributed by atoms with Gasteiger partial charge in [-0.25, -0.2) is 0 Å². The normalized spacial score (nSPS) is 7.40. The van der Waals surface area contributed by atoms with E-state index >= 15 is 0 Å². The monoisotopic (exact) mass is 280 g/mol. The maximum atomic E-state index is 3.55. The molecule has 0 aliphatic carbocycles. The van der Waals surface area contributed by atoms with Crippen LogP contribution >= 0.6 is 0 Å². The molecular weight excluding hydrogens is 240 g/mol. The van der Waals surface area contributed by atoms with Crippen molar-refractivity contribution >= 4 is 0 Å². The number of hydrogen-bond donors (Lipinski definition) is 0. The lowest BCUT2D eigenvalue weighted by atomic mass is 10.3. The third kappa shape index (κ3) is 89.2. The summed E-state index contributed by atoms with van der Waals surface area (Å²) in [7, 11) is 0. The van der Waals surface area contributed by atoms with Crippen molar-refractivity contribution in [2.75, 3.05) is 0 Å². The molecule has 0 atom stereocenters. The lowest BCUT2D eigenvalue weighted by molar-refractivity contribution is 0.961. The van der Waals surface area contributed by atoms with Crippen molar-refractivity contribution in [3.63, 3.8) is 0 Å². The summed E-state index contributed by atoms with van der Waals surface area (Å²) in [4.78, 5) is 0. The van der Waals surface area contributed by atoms with E-state index in [0.717, 1.165) is 25.7 Å². The maximum Gasteiger partial charge on any atom is -0.0356 e. The molecule has 0 aliphatic rings. The minimum atomic E-state index is 1.15. The van der Waals surface area contributed by atoms with Crippen LogP contribution in [0.5, 0.6) is 0 Å². The van der Waals surface area contributed by atoms with E-state index in [9.17, 15) is 0 Å². The molecule has 0 amide bonds. The van der Waals surface area contributed by atoms with Gasteiger partial charge in [0.1, 0.15) is 0 Å². The molecule has 0 saturated heterocycles. The quantitative estimate of drug-likeness (QED) is 0.396. The molecule has 0 aliphatic heterocycles. The highest BCUT2D eigenvalue weighted by Crippen LogP contribution is 1.83. The zero-order valence-corrected chi connectivity index (χ0v) is 14.8. The highest BCUT2D eigenvalue weighted by Gasteiger charge is 1.63. The Morgan fingerprint density at radius 2 is 0.600 bits per heavy atom. The average Bonchev–Trinajstić information content (AvgIpc) is 2.44. The van der Waals surface area contributed by atoms with Crippen LogP contribution in [0.15, 0.2) is 50.6 Å². The van der Waals surface area contributed by atoms with Crippen LogP contribution < -0.4 is 0 Å². The standard InChI is InChI=1S/4C5H10/c4*1-3-5-4-2/h4*3H,1,4-5H2,2H3. The van der Waals surface area contributed by atoms with Crippen LogP contribution in [0.2, 0.25) is 0 Å². The first-order chi connectivity index (χ1) is 9.66. The van der Waals surface area contributed by atoms with E-state index < -0.39 is 0 Å². The average molecular weight is 281 g/mol. The molecule has 20 heavy (non-hydrogen) atoms. The fourth-order valence-electron chi connectivity index (χ4n) is 0.816. The smallest absolute Gasteiger partial charge is 0.0356 e. The third-order valence-corrected chi connectivity index (χ3v) is 1.97. The Labute approximate surface area is 130 Å². The first-order valence-corrected chi connectivity index (χ1v) is 8.09. The van der Waals surface area contributed by atoms with E-state index in [4.69, 9.17) is 0 Å². The Kier molecular flexibility index (Phi) is 58.8. The summed E-state index contributed by atoms with van der Waals surface area (Å²) < 4.78 is 0. The second-order valence-electron chi connectivity index (χ2n) is 4.31. The van der Waals surface area contributed by atoms with Gasteiger partial charge in [0.15, 0.2) is 0 Å². The van der Waals surface area contributed by atoms with E-state index in [2.05, 4.69) is 54.0 Å². The number of rotatable bonds is 8. The van der Waals surface area contributed by atoms with E-state index in [1.54, 1.807) is 0 Å². The van der Waals surface area contributed by atoms with Gasteiger partial charge in [0.25, 0.3) is 0 Å². The summed E-state index contributed by atoms with van der Waals surface area (Å²) in [5.74, 6) is 0. The van der Waals surface area contributed by atoms with Crippen molar-refractivity contribution in [2.24, 2.45) is 0 Å². The molecule has 0 aromatic carbocycles. The van der Waals surface area contributed by atoms with Crippen molar-refractivity contribution in [2.45, 2.75) is 79.1 Å². The molecule has 0 rings (SSSR count). The van der Waals surface area contributed by atoms with Crippen molar-refractivity contribution in [1.29, 1.82) is 0 Å². The fraction of sp³-hybridized carbons (Fsp3) is 0.600. The topological polar surface area (TPSA) is 0 Å². The van der Waals surface area contributed by atoms with E-state index in [0.29, 0.717) is 0 Å². The second kappa shape index (κ2) is 43.0. The minimum Gasteiger partial charge on any atom is -0.103 e. The molecule has 0 aromatic heterocycles. The highest BCUT2D eigenvalue weighted by atomic mass is 13.7. The van der Waals surface area contributed by atoms with E-state index in [1.165, 1.54) is 25.7 Å². The molecule has 0 saturated carbocycles. The molecule has 0 unspecified atom stereocenters. The van der Waals surface area contributed by atoms with Crippen LogP contribution in [0.4, 0.5) is 0 Å². The zero-order valence-electron chi connectivity index (χ0n) is 14.8. The van der Waals surface area contributed by atoms with Gasteiger partial charge in [-0.05, 0) is 25.7 Å². The van der Waals surface area contributed by atoms with Gasteiger partial charge in [0.2, 0.25) is 0 Å². The summed E-state index contributed by atoms with van der Waals surface area (Å²) in [5, 5.41) is 0. The summed E-state index contributed by atoms with van der Waals surface area (Å²) in [6, 6.07) is 0. The van der Waals surface area contributed by atoms with Crippen molar-refractivity contribution in [3.8, 4) is 0 Å². The Morgan fingerprint density at radius 3 is 0.600 bits per heavy atom. The van der Waals surface area contributed by atoms with Crippen LogP contribution in [0, 0.1) is 0 Å². The molecule has 120 valence electrons. The minimum absolute atomic E-state index is 1.15. The Balaban J connectivity index is -0.0000000853. The molecular formula is C20H40. The summed E-state index contributed by atoms with van der Waals surface area (Å²) in [6.45, 7) is 22.8. The summed E-state index contributed by atoms with van der Waals surface area (Å²) in [5.41, 5.74) is 0. The van der Waals surface area contributed by atoms with Gasteiger partial charge in [-0.1, -0.05) is 77.7 Å². The van der Waals surface area contributed by atoms with Gasteiger partial charge >= 0.3 is 0 Å². The molecule has 0 N–H and O–H groups in total. The zero-order chi connectivity index (χ0) is 16.5. The van der Waals surface area contributed by atoms with Crippen molar-refractivity contribution in [1.82, 2.24) is 0 Å². The molecule has 0 nitrogen and oxygen atoms in total. The van der Waals surface area contributed by atoms with Crippen LogP contribution in [0.1, 0.15) is 79.1 Å². The number of allylic oxidation sites excluding steroid dienone is 4. The first kappa shape index (κ1) is 27.3. The van der Waals surface area contributed by atoms with Crippen LogP contribution in [-0.2, 0) is 0 Å². The fourth-order valence-corrected chi connectivity index (χ4v) is 0.816. The van der Waals surface area contributed by atoms with Gasteiger partial charge < -0.3 is 0 Å². The Bertz CT molecular complexity index is 125. The van der Waals surface area contributed by atoms with Gasteiger partial charge in [-0.3, -0.25) is 0 Å². The molecule has 0 heterocycles. The van der Waals surface area contributed by atoms with Gasteiger partial charge in [0, 0.05) is 0 Å². The van der Waals surface area contributed by atoms with Crippen LogP contribution in [-0.4, -0.2) is 0 Å². The molecule has 0 fully saturated rings. The molecule has 0 heteroatoms. The van der Waals surface area contributed by atoms with Gasteiger partial charge in [-0.15, -0.1) is 26.3 Å². The highest BCUT2D eigenvalue weighted by molar-refractivity contribution is 4.64. The summed E-state index contributed by atoms with van der Waals surface area (Å²) in [6.07, 6.45) is 17.2. The predicted octanol–water partition coefficient (Wildman–Crippen LogP) is 7.89. The molecule has 0 spiro atoms.